The molecule has 2 amide bonds. The normalized spacial score (nSPS) is 18.8. The van der Waals surface area contributed by atoms with Crippen molar-refractivity contribution in [2.45, 2.75) is 19.7 Å². The number of ether oxygens (including phenoxy) is 2. The molecule has 2 aliphatic heterocycles. The van der Waals surface area contributed by atoms with E-state index in [4.69, 9.17) is 9.47 Å². The summed E-state index contributed by atoms with van der Waals surface area (Å²) in [5.74, 6) is 0.450. The predicted molar refractivity (Wildman–Crippen MR) is 107 cm³/mol. The lowest BCUT2D eigenvalue weighted by Crippen LogP contribution is -2.43. The summed E-state index contributed by atoms with van der Waals surface area (Å²) in [6.45, 7) is 2.65. The Balaban J connectivity index is 1.38. The van der Waals surface area contributed by atoms with Crippen LogP contribution in [0.5, 0.6) is 5.75 Å². The molecule has 2 aromatic rings. The van der Waals surface area contributed by atoms with Crippen LogP contribution in [0, 0.1) is 6.92 Å². The highest BCUT2D eigenvalue weighted by molar-refractivity contribution is 8.26. The first-order valence-electron chi connectivity index (χ1n) is 9.24. The van der Waals surface area contributed by atoms with Gasteiger partial charge in [-0.3, -0.25) is 19.3 Å². The van der Waals surface area contributed by atoms with E-state index in [1.165, 1.54) is 9.80 Å². The van der Waals surface area contributed by atoms with E-state index in [1.54, 1.807) is 6.07 Å². The molecule has 2 heterocycles. The molecule has 1 fully saturated rings. The molecule has 1 unspecified atom stereocenters. The first-order valence-corrected chi connectivity index (χ1v) is 10.1. The highest BCUT2D eigenvalue weighted by atomic mass is 32.2. The van der Waals surface area contributed by atoms with Gasteiger partial charge in [0.2, 0.25) is 11.3 Å². The number of hydrogen-bond acceptors (Lipinski definition) is 6. The fraction of sp³-hybridized carbons (Fsp3) is 0.286. The third-order valence-corrected chi connectivity index (χ3v) is 5.66. The van der Waals surface area contributed by atoms with Crippen LogP contribution in [0.4, 0.5) is 4.79 Å². The van der Waals surface area contributed by atoms with Crippen LogP contribution in [0.25, 0.3) is 0 Å². The summed E-state index contributed by atoms with van der Waals surface area (Å²) in [6.07, 6.45) is -0.956. The lowest BCUT2D eigenvalue weighted by Gasteiger charge is -2.30. The third-order valence-electron chi connectivity index (χ3n) is 4.85. The number of aryl methyl sites for hydroxylation is 1. The van der Waals surface area contributed by atoms with Gasteiger partial charge in [0.15, 0.2) is 6.73 Å². The highest BCUT2D eigenvalue weighted by Crippen LogP contribution is 2.29. The first kappa shape index (κ1) is 19.5. The second-order valence-corrected chi connectivity index (χ2v) is 7.77. The van der Waals surface area contributed by atoms with Gasteiger partial charge in [-0.15, -0.1) is 0 Å². The molecule has 0 aliphatic carbocycles. The Morgan fingerprint density at radius 3 is 2.69 bits per heavy atom. The van der Waals surface area contributed by atoms with Crippen LogP contribution < -0.4 is 4.74 Å². The van der Waals surface area contributed by atoms with Gasteiger partial charge in [0.1, 0.15) is 5.75 Å². The number of nitrogens with zero attached hydrogens (tertiary/aromatic N) is 2. The average Bonchev–Trinajstić information content (AvgIpc) is 2.97. The largest absolute Gasteiger partial charge is 0.472 e. The van der Waals surface area contributed by atoms with Crippen LogP contribution in [0.2, 0.25) is 0 Å². The Kier molecular flexibility index (Phi) is 5.55. The fourth-order valence-corrected chi connectivity index (χ4v) is 4.09. The second-order valence-electron chi connectivity index (χ2n) is 6.81. The summed E-state index contributed by atoms with van der Waals surface area (Å²) < 4.78 is 11.4. The maximum absolute atomic E-state index is 12.7. The van der Waals surface area contributed by atoms with Gasteiger partial charge in [-0.25, -0.2) is 0 Å². The van der Waals surface area contributed by atoms with Gasteiger partial charge in [-0.05, 0) is 24.1 Å². The van der Waals surface area contributed by atoms with Crippen LogP contribution in [0.1, 0.15) is 21.5 Å². The molecule has 0 bridgehead atoms. The molecule has 8 heteroatoms. The van der Waals surface area contributed by atoms with E-state index in [2.05, 4.69) is 0 Å². The van der Waals surface area contributed by atoms with Crippen LogP contribution in [0.15, 0.2) is 48.5 Å². The number of fused-ring (bicyclic) bond motifs is 1. The third kappa shape index (κ3) is 3.99. The Labute approximate surface area is 172 Å². The van der Waals surface area contributed by atoms with Crippen molar-refractivity contribution in [3.63, 3.8) is 0 Å². The molecule has 0 radical (unpaired) electrons. The van der Waals surface area contributed by atoms with Gasteiger partial charge in [-0.1, -0.05) is 42.5 Å². The van der Waals surface area contributed by atoms with Gasteiger partial charge in [0.05, 0.1) is 12.2 Å². The zero-order valence-electron chi connectivity index (χ0n) is 15.9. The van der Waals surface area contributed by atoms with Crippen molar-refractivity contribution in [2.75, 3.05) is 19.9 Å². The molecule has 7 nitrogen and oxygen atoms in total. The molecular weight excluding hydrogens is 392 g/mol. The minimum atomic E-state index is -0.956. The predicted octanol–water partition coefficient (Wildman–Crippen LogP) is 3.03. The van der Waals surface area contributed by atoms with Crippen molar-refractivity contribution >= 4 is 28.0 Å². The number of rotatable bonds is 6. The van der Waals surface area contributed by atoms with Crippen LogP contribution >= 0.6 is 11.8 Å². The lowest BCUT2D eigenvalue weighted by molar-refractivity contribution is -0.130. The zero-order chi connectivity index (χ0) is 20.4. The van der Waals surface area contributed by atoms with Crippen molar-refractivity contribution in [2.24, 2.45) is 0 Å². The van der Waals surface area contributed by atoms with Crippen LogP contribution in [-0.4, -0.2) is 52.2 Å². The monoisotopic (exact) mass is 412 g/mol. The molecule has 29 heavy (non-hydrogen) atoms. The van der Waals surface area contributed by atoms with E-state index in [0.29, 0.717) is 29.6 Å². The summed E-state index contributed by atoms with van der Waals surface area (Å²) in [7, 11) is 0. The van der Waals surface area contributed by atoms with E-state index in [0.717, 1.165) is 11.1 Å². The minimum absolute atomic E-state index is 0.117. The van der Waals surface area contributed by atoms with Gasteiger partial charge >= 0.3 is 0 Å². The Bertz CT molecular complexity index is 949. The van der Waals surface area contributed by atoms with Crippen LogP contribution in [0.3, 0.4) is 0 Å². The van der Waals surface area contributed by atoms with Crippen molar-refractivity contribution in [3.8, 4) is 5.75 Å². The highest BCUT2D eigenvalue weighted by Gasteiger charge is 2.40. The number of hydrogen-bond donors (Lipinski definition) is 0. The summed E-state index contributed by atoms with van der Waals surface area (Å²) >= 11 is 0.653. The van der Waals surface area contributed by atoms with Gasteiger partial charge in [0, 0.05) is 24.9 Å². The van der Waals surface area contributed by atoms with E-state index in [9.17, 15) is 14.4 Å². The summed E-state index contributed by atoms with van der Waals surface area (Å²) in [5, 5.41) is -0.667. The summed E-state index contributed by atoms with van der Waals surface area (Å²) in [6, 6.07) is 14.9. The number of benzene rings is 2. The number of carbonyl (C=O) groups is 3. The quantitative estimate of drug-likeness (QED) is 0.726. The molecule has 0 spiro atoms. The van der Waals surface area contributed by atoms with Gasteiger partial charge in [-0.2, -0.15) is 0 Å². The Morgan fingerprint density at radius 2 is 1.90 bits per heavy atom. The lowest BCUT2D eigenvalue weighted by atomic mass is 10.1. The smallest absolute Gasteiger partial charge is 0.292 e. The van der Waals surface area contributed by atoms with Crippen molar-refractivity contribution < 1.29 is 23.9 Å². The number of carbonyl (C=O) groups excluding carboxylic acids is 3. The summed E-state index contributed by atoms with van der Waals surface area (Å²) in [4.78, 5) is 40.1. The van der Waals surface area contributed by atoms with E-state index >= 15 is 0 Å². The van der Waals surface area contributed by atoms with Crippen molar-refractivity contribution in [1.82, 2.24) is 9.80 Å². The second kappa shape index (κ2) is 8.26. The zero-order valence-corrected chi connectivity index (χ0v) is 16.7. The maximum Gasteiger partial charge on any atom is 0.292 e. The first-order chi connectivity index (χ1) is 14.0. The molecule has 1 atom stereocenters. The fourth-order valence-electron chi connectivity index (χ4n) is 3.34. The number of amides is 2. The number of thioether (sulfide) groups is 1. The van der Waals surface area contributed by atoms with E-state index in [-0.39, 0.29) is 36.1 Å². The molecule has 0 saturated carbocycles. The maximum atomic E-state index is 12.7. The molecule has 2 aromatic carbocycles. The molecule has 4 rings (SSSR count). The van der Waals surface area contributed by atoms with Crippen LogP contribution in [-0.2, 0) is 16.1 Å². The molecule has 2 aliphatic rings. The Morgan fingerprint density at radius 1 is 1.10 bits per heavy atom. The SMILES string of the molecule is Cc1cccc2c1C(=O)N(CCOC1C(=O)SC(=O)N1Cc1ccccc1)CO2. The molecule has 1 saturated heterocycles. The molecule has 150 valence electrons. The van der Waals surface area contributed by atoms with Crippen molar-refractivity contribution in [3.05, 3.63) is 65.2 Å². The van der Waals surface area contributed by atoms with E-state index < -0.39 is 6.23 Å². The molecule has 0 aromatic heterocycles. The Hall–Kier alpha value is -2.84. The average molecular weight is 412 g/mol. The summed E-state index contributed by atoms with van der Waals surface area (Å²) in [5.41, 5.74) is 2.31. The van der Waals surface area contributed by atoms with Gasteiger partial charge < -0.3 is 14.4 Å². The van der Waals surface area contributed by atoms with Crippen molar-refractivity contribution in [1.29, 1.82) is 0 Å². The minimum Gasteiger partial charge on any atom is -0.472 e. The van der Waals surface area contributed by atoms with E-state index in [1.807, 2.05) is 49.4 Å². The van der Waals surface area contributed by atoms with Gasteiger partial charge in [0.25, 0.3) is 11.1 Å². The molecule has 0 N–H and O–H groups in total. The standard InChI is InChI=1S/C21H20N2O5S/c1-14-6-5-9-16-17(14)18(24)22(13-28-16)10-11-27-19-20(25)29-21(26)23(19)12-15-7-3-2-4-8-15/h2-9,19H,10-13H2,1H3. The topological polar surface area (TPSA) is 76.2 Å². The molecular formula is C21H20N2O5S.